The van der Waals surface area contributed by atoms with E-state index in [-0.39, 0.29) is 5.75 Å². The number of esters is 1. The molecule has 2 aromatic rings. The number of rotatable bonds is 6. The van der Waals surface area contributed by atoms with Gasteiger partial charge in [0.15, 0.2) is 18.1 Å². The molecule has 6 nitrogen and oxygen atoms in total. The van der Waals surface area contributed by atoms with Crippen molar-refractivity contribution in [1.29, 1.82) is 0 Å². The van der Waals surface area contributed by atoms with Gasteiger partial charge in [-0.25, -0.2) is 4.79 Å². The van der Waals surface area contributed by atoms with Crippen LogP contribution in [0.5, 0.6) is 11.5 Å². The number of aryl methyl sites for hydroxylation is 1. The van der Waals surface area contributed by atoms with Crippen molar-refractivity contribution in [1.82, 2.24) is 0 Å². The third kappa shape index (κ3) is 6.11. The normalized spacial score (nSPS) is 10.7. The number of phenols is 1. The fraction of sp³-hybridized carbons (Fsp3) is 0.158. The first kappa shape index (κ1) is 21.0. The average Bonchev–Trinajstić information content (AvgIpc) is 2.62. The van der Waals surface area contributed by atoms with Crippen LogP contribution in [0.4, 0.5) is 5.69 Å². The maximum Gasteiger partial charge on any atom is 0.331 e. The van der Waals surface area contributed by atoms with E-state index in [0.717, 1.165) is 14.5 Å². The number of carbonyl (C=O) groups excluding carboxylic acids is 2. The average molecular weight is 499 g/mol. The Hall–Kier alpha value is -2.32. The van der Waals surface area contributed by atoms with Crippen molar-refractivity contribution in [3.05, 3.63) is 56.5 Å². The summed E-state index contributed by atoms with van der Waals surface area (Å²) in [5.74, 6) is -0.839. The van der Waals surface area contributed by atoms with Crippen LogP contribution in [0, 0.1) is 6.92 Å². The number of phenolic OH excluding ortho intramolecular Hbond substituents is 1. The van der Waals surface area contributed by atoms with Gasteiger partial charge in [-0.2, -0.15) is 0 Å². The van der Waals surface area contributed by atoms with Gasteiger partial charge in [-0.05, 0) is 80.3 Å². The van der Waals surface area contributed by atoms with E-state index < -0.39 is 18.5 Å². The topological polar surface area (TPSA) is 84.9 Å². The van der Waals surface area contributed by atoms with Crippen LogP contribution in [0.15, 0.2) is 45.4 Å². The number of carbonyl (C=O) groups is 2. The van der Waals surface area contributed by atoms with Crippen LogP contribution in [0.2, 0.25) is 0 Å². The molecule has 8 heteroatoms. The highest BCUT2D eigenvalue weighted by molar-refractivity contribution is 9.11. The van der Waals surface area contributed by atoms with Gasteiger partial charge < -0.3 is 19.9 Å². The van der Waals surface area contributed by atoms with Gasteiger partial charge in [0, 0.05) is 15.0 Å². The van der Waals surface area contributed by atoms with E-state index in [1.54, 1.807) is 12.1 Å². The fourth-order valence-electron chi connectivity index (χ4n) is 2.14. The van der Waals surface area contributed by atoms with E-state index in [9.17, 15) is 14.7 Å². The Labute approximate surface area is 173 Å². The number of anilines is 1. The summed E-state index contributed by atoms with van der Waals surface area (Å²) >= 11 is 6.76. The molecule has 0 aromatic heterocycles. The molecule has 0 aliphatic heterocycles. The van der Waals surface area contributed by atoms with Crippen LogP contribution in [0.1, 0.15) is 11.1 Å². The number of hydrogen-bond donors (Lipinski definition) is 2. The minimum Gasteiger partial charge on any atom is -0.504 e. The minimum atomic E-state index is -0.667. The Kier molecular flexibility index (Phi) is 7.44. The molecule has 0 bridgehead atoms. The van der Waals surface area contributed by atoms with Gasteiger partial charge in [0.2, 0.25) is 0 Å². The second kappa shape index (κ2) is 9.57. The number of amides is 1. The molecule has 0 aliphatic rings. The van der Waals surface area contributed by atoms with Crippen molar-refractivity contribution < 1.29 is 24.2 Å². The Bertz CT molecular complexity index is 873. The summed E-state index contributed by atoms with van der Waals surface area (Å²) in [6.07, 6.45) is 2.69. The van der Waals surface area contributed by atoms with Gasteiger partial charge >= 0.3 is 5.97 Å². The third-order valence-electron chi connectivity index (χ3n) is 3.41. The molecule has 2 N–H and O–H groups in total. The van der Waals surface area contributed by atoms with Crippen molar-refractivity contribution in [3.8, 4) is 11.5 Å². The molecule has 0 saturated heterocycles. The molecule has 0 spiro atoms. The number of hydrogen-bond acceptors (Lipinski definition) is 5. The van der Waals surface area contributed by atoms with E-state index in [1.807, 2.05) is 19.1 Å². The van der Waals surface area contributed by atoms with Gasteiger partial charge in [0.25, 0.3) is 5.91 Å². The molecule has 0 radical (unpaired) electrons. The predicted octanol–water partition coefficient (Wildman–Crippen LogP) is 4.43. The van der Waals surface area contributed by atoms with Crippen molar-refractivity contribution in [3.63, 3.8) is 0 Å². The van der Waals surface area contributed by atoms with E-state index in [4.69, 9.17) is 9.47 Å². The van der Waals surface area contributed by atoms with Crippen molar-refractivity contribution in [2.45, 2.75) is 6.92 Å². The van der Waals surface area contributed by atoms with E-state index >= 15 is 0 Å². The van der Waals surface area contributed by atoms with Gasteiger partial charge in [0.05, 0.1) is 12.8 Å². The summed E-state index contributed by atoms with van der Waals surface area (Å²) < 4.78 is 11.4. The molecule has 0 atom stereocenters. The SMILES string of the molecule is COc1cc(/C=C/C(=O)OCC(=O)Nc2c(Br)cc(C)cc2Br)ccc1O. The molecule has 0 saturated carbocycles. The number of benzene rings is 2. The number of methoxy groups -OCH3 is 1. The lowest BCUT2D eigenvalue weighted by molar-refractivity contribution is -0.142. The van der Waals surface area contributed by atoms with Crippen LogP contribution in [-0.4, -0.2) is 30.7 Å². The Morgan fingerprint density at radius 1 is 1.19 bits per heavy atom. The van der Waals surface area contributed by atoms with Crippen LogP contribution < -0.4 is 10.1 Å². The fourth-order valence-corrected chi connectivity index (χ4v) is 3.76. The molecular formula is C19H17Br2NO5. The first-order valence-corrected chi connectivity index (χ1v) is 9.36. The third-order valence-corrected chi connectivity index (χ3v) is 4.66. The summed E-state index contributed by atoms with van der Waals surface area (Å²) in [6.45, 7) is 1.51. The first-order chi connectivity index (χ1) is 12.8. The van der Waals surface area contributed by atoms with Gasteiger partial charge in [-0.1, -0.05) is 6.07 Å². The highest BCUT2D eigenvalue weighted by Gasteiger charge is 2.11. The zero-order valence-electron chi connectivity index (χ0n) is 14.6. The summed E-state index contributed by atoms with van der Waals surface area (Å²) in [5, 5.41) is 12.2. The molecule has 1 amide bonds. The molecule has 0 fully saturated rings. The number of nitrogens with one attached hydrogen (secondary N) is 1. The highest BCUT2D eigenvalue weighted by atomic mass is 79.9. The van der Waals surface area contributed by atoms with Gasteiger partial charge in [0.1, 0.15) is 0 Å². The first-order valence-electron chi connectivity index (χ1n) is 7.77. The van der Waals surface area contributed by atoms with Crippen LogP contribution in [-0.2, 0) is 14.3 Å². The molecule has 0 unspecified atom stereocenters. The van der Waals surface area contributed by atoms with Crippen LogP contribution in [0.3, 0.4) is 0 Å². The molecule has 0 heterocycles. The van der Waals surface area contributed by atoms with E-state index in [1.165, 1.54) is 25.3 Å². The van der Waals surface area contributed by atoms with Crippen molar-refractivity contribution >= 4 is 55.5 Å². The highest BCUT2D eigenvalue weighted by Crippen LogP contribution is 2.32. The van der Waals surface area contributed by atoms with Crippen molar-refractivity contribution in [2.75, 3.05) is 19.0 Å². The second-order valence-corrected chi connectivity index (χ2v) is 7.23. The Morgan fingerprint density at radius 3 is 2.48 bits per heavy atom. The minimum absolute atomic E-state index is 0.00215. The molecular weight excluding hydrogens is 482 g/mol. The maximum absolute atomic E-state index is 12.0. The van der Waals surface area contributed by atoms with Crippen LogP contribution >= 0.6 is 31.9 Å². The maximum atomic E-state index is 12.0. The summed E-state index contributed by atoms with van der Waals surface area (Å²) in [6, 6.07) is 8.36. The lowest BCUT2D eigenvalue weighted by Gasteiger charge is -2.10. The largest absolute Gasteiger partial charge is 0.504 e. The summed E-state index contributed by atoms with van der Waals surface area (Å²) in [4.78, 5) is 23.8. The number of halogens is 2. The quantitative estimate of drug-likeness (QED) is 0.454. The van der Waals surface area contributed by atoms with Crippen molar-refractivity contribution in [2.24, 2.45) is 0 Å². The lowest BCUT2D eigenvalue weighted by Crippen LogP contribution is -2.20. The summed E-state index contributed by atoms with van der Waals surface area (Å²) in [5.41, 5.74) is 2.22. The van der Waals surface area contributed by atoms with Gasteiger partial charge in [-0.3, -0.25) is 4.79 Å². The number of ether oxygens (including phenoxy) is 2. The Morgan fingerprint density at radius 2 is 1.85 bits per heavy atom. The lowest BCUT2D eigenvalue weighted by atomic mass is 10.2. The molecule has 2 rings (SSSR count). The molecule has 142 valence electrons. The van der Waals surface area contributed by atoms with Gasteiger partial charge in [-0.15, -0.1) is 0 Å². The second-order valence-electron chi connectivity index (χ2n) is 5.52. The van der Waals surface area contributed by atoms with Crippen LogP contribution in [0.25, 0.3) is 6.08 Å². The predicted molar refractivity (Wildman–Crippen MR) is 110 cm³/mol. The molecule has 0 aliphatic carbocycles. The standard InChI is InChI=1S/C19H17Br2NO5/c1-11-7-13(20)19(14(21)8-11)22-17(24)10-27-18(25)6-4-12-3-5-15(23)16(9-12)26-2/h3-9,23H,10H2,1-2H3,(H,22,24)/b6-4+. The van der Waals surface area contributed by atoms with E-state index in [0.29, 0.717) is 17.0 Å². The number of aromatic hydroxyl groups is 1. The Balaban J connectivity index is 1.91. The monoisotopic (exact) mass is 497 g/mol. The molecule has 2 aromatic carbocycles. The smallest absolute Gasteiger partial charge is 0.331 e. The molecule has 27 heavy (non-hydrogen) atoms. The van der Waals surface area contributed by atoms with E-state index in [2.05, 4.69) is 37.2 Å². The zero-order chi connectivity index (χ0) is 20.0. The zero-order valence-corrected chi connectivity index (χ0v) is 17.8. The summed E-state index contributed by atoms with van der Waals surface area (Å²) in [7, 11) is 1.43.